The highest BCUT2D eigenvalue weighted by Crippen LogP contribution is 2.15. The van der Waals surface area contributed by atoms with Gasteiger partial charge in [-0.15, -0.1) is 24.0 Å². The predicted octanol–water partition coefficient (Wildman–Crippen LogP) is 4.64. The lowest BCUT2D eigenvalue weighted by molar-refractivity contribution is 0.242. The number of ether oxygens (including phenoxy) is 1. The fourth-order valence-corrected chi connectivity index (χ4v) is 2.13. The van der Waals surface area contributed by atoms with Gasteiger partial charge in [0.15, 0.2) is 5.96 Å². The van der Waals surface area contributed by atoms with Gasteiger partial charge in [0.2, 0.25) is 0 Å². The maximum Gasteiger partial charge on any atom is 0.193 e. The van der Waals surface area contributed by atoms with Gasteiger partial charge in [-0.2, -0.15) is 0 Å². The molecule has 2 aromatic carbocycles. The highest BCUT2D eigenvalue weighted by atomic mass is 127. The molecule has 0 saturated carbocycles. The van der Waals surface area contributed by atoms with E-state index in [-0.39, 0.29) is 30.1 Å². The first-order valence-electron chi connectivity index (χ1n) is 7.84. The average Bonchev–Trinajstić information content (AvgIpc) is 2.50. The second kappa shape index (κ2) is 9.52. The zero-order valence-corrected chi connectivity index (χ0v) is 17.0. The molecule has 0 aromatic heterocycles. The van der Waals surface area contributed by atoms with Gasteiger partial charge in [-0.05, 0) is 68.7 Å². The Bertz CT molecular complexity index is 682. The molecule has 0 saturated heterocycles. The number of aryl methyl sites for hydroxylation is 2. The van der Waals surface area contributed by atoms with E-state index in [1.165, 1.54) is 11.1 Å². The third-order valence-corrected chi connectivity index (χ3v) is 3.51. The topological polar surface area (TPSA) is 59.6 Å². The summed E-state index contributed by atoms with van der Waals surface area (Å²) in [5.41, 5.74) is 10.5. The average molecular weight is 439 g/mol. The second-order valence-electron chi connectivity index (χ2n) is 5.94. The summed E-state index contributed by atoms with van der Waals surface area (Å²) >= 11 is 0. The van der Waals surface area contributed by atoms with Crippen molar-refractivity contribution >= 4 is 35.6 Å². The predicted molar refractivity (Wildman–Crippen MR) is 112 cm³/mol. The molecule has 0 heterocycles. The lowest BCUT2D eigenvalue weighted by Gasteiger charge is -2.10. The van der Waals surface area contributed by atoms with E-state index in [9.17, 15) is 0 Å². The van der Waals surface area contributed by atoms with E-state index in [2.05, 4.69) is 36.3 Å². The third kappa shape index (κ3) is 6.39. The molecule has 24 heavy (non-hydrogen) atoms. The van der Waals surface area contributed by atoms with Crippen LogP contribution in [0.5, 0.6) is 5.75 Å². The first kappa shape index (κ1) is 20.3. The molecule has 2 rings (SSSR count). The van der Waals surface area contributed by atoms with Crippen molar-refractivity contribution in [3.8, 4) is 5.75 Å². The van der Waals surface area contributed by atoms with Crippen molar-refractivity contribution in [3.63, 3.8) is 0 Å². The van der Waals surface area contributed by atoms with Crippen molar-refractivity contribution in [2.24, 2.45) is 10.7 Å². The lowest BCUT2D eigenvalue weighted by atomic mass is 10.1. The molecule has 0 radical (unpaired) electrons. The molecule has 5 heteroatoms. The quantitative estimate of drug-likeness (QED) is 0.406. The SMILES string of the molecule is Cc1ccc(NC(N)=NCc2ccc(OC(C)C)cc2)cc1C.I. The normalized spacial score (nSPS) is 11.1. The van der Waals surface area contributed by atoms with E-state index in [0.717, 1.165) is 17.0 Å². The number of aliphatic imine (C=N–C) groups is 1. The largest absolute Gasteiger partial charge is 0.491 e. The van der Waals surface area contributed by atoms with Crippen molar-refractivity contribution in [3.05, 3.63) is 59.2 Å². The number of nitrogens with two attached hydrogens (primary N) is 1. The van der Waals surface area contributed by atoms with Gasteiger partial charge in [0, 0.05) is 5.69 Å². The molecule has 3 N–H and O–H groups in total. The Balaban J connectivity index is 0.00000288. The zero-order valence-electron chi connectivity index (χ0n) is 14.7. The number of halogens is 1. The highest BCUT2D eigenvalue weighted by Gasteiger charge is 2.00. The van der Waals surface area contributed by atoms with Crippen LogP contribution >= 0.6 is 24.0 Å². The number of guanidine groups is 1. The summed E-state index contributed by atoms with van der Waals surface area (Å²) in [5, 5.41) is 3.12. The minimum Gasteiger partial charge on any atom is -0.491 e. The van der Waals surface area contributed by atoms with Crippen molar-refractivity contribution in [2.75, 3.05) is 5.32 Å². The van der Waals surface area contributed by atoms with Gasteiger partial charge >= 0.3 is 0 Å². The van der Waals surface area contributed by atoms with Crippen LogP contribution in [-0.4, -0.2) is 12.1 Å². The van der Waals surface area contributed by atoms with E-state index >= 15 is 0 Å². The summed E-state index contributed by atoms with van der Waals surface area (Å²) < 4.78 is 5.62. The van der Waals surface area contributed by atoms with Gasteiger partial charge in [-0.3, -0.25) is 0 Å². The lowest BCUT2D eigenvalue weighted by Crippen LogP contribution is -2.22. The maximum absolute atomic E-state index is 5.95. The Hall–Kier alpha value is -1.76. The Morgan fingerprint density at radius 1 is 1.08 bits per heavy atom. The number of hydrogen-bond acceptors (Lipinski definition) is 2. The summed E-state index contributed by atoms with van der Waals surface area (Å²) in [5.74, 6) is 1.28. The van der Waals surface area contributed by atoms with Crippen molar-refractivity contribution in [1.82, 2.24) is 0 Å². The fraction of sp³-hybridized carbons (Fsp3) is 0.316. The zero-order chi connectivity index (χ0) is 16.8. The molecule has 4 nitrogen and oxygen atoms in total. The van der Waals surface area contributed by atoms with Crippen LogP contribution in [0, 0.1) is 13.8 Å². The van der Waals surface area contributed by atoms with Crippen LogP contribution in [0.2, 0.25) is 0 Å². The van der Waals surface area contributed by atoms with Gasteiger partial charge in [0.1, 0.15) is 5.75 Å². The van der Waals surface area contributed by atoms with Gasteiger partial charge in [-0.1, -0.05) is 18.2 Å². The van der Waals surface area contributed by atoms with Gasteiger partial charge < -0.3 is 15.8 Å². The smallest absolute Gasteiger partial charge is 0.193 e. The maximum atomic E-state index is 5.95. The second-order valence-corrected chi connectivity index (χ2v) is 5.94. The van der Waals surface area contributed by atoms with Gasteiger partial charge in [0.25, 0.3) is 0 Å². The van der Waals surface area contributed by atoms with E-state index in [0.29, 0.717) is 12.5 Å². The minimum atomic E-state index is 0. The summed E-state index contributed by atoms with van der Waals surface area (Å²) in [4.78, 5) is 4.37. The molecule has 0 amide bonds. The number of rotatable bonds is 5. The molecular formula is C19H26IN3O. The van der Waals surface area contributed by atoms with Crippen LogP contribution in [0.1, 0.15) is 30.5 Å². The van der Waals surface area contributed by atoms with E-state index < -0.39 is 0 Å². The third-order valence-electron chi connectivity index (χ3n) is 3.51. The number of benzene rings is 2. The standard InChI is InChI=1S/C19H25N3O.HI/c1-13(2)23-18-9-6-16(7-10-18)12-21-19(20)22-17-8-5-14(3)15(4)11-17;/h5-11,13H,12H2,1-4H3,(H3,20,21,22);1H. The monoisotopic (exact) mass is 439 g/mol. The first-order valence-corrected chi connectivity index (χ1v) is 7.84. The first-order chi connectivity index (χ1) is 10.9. The fourth-order valence-electron chi connectivity index (χ4n) is 2.13. The van der Waals surface area contributed by atoms with Crippen LogP contribution in [0.4, 0.5) is 5.69 Å². The van der Waals surface area contributed by atoms with Crippen LogP contribution in [0.15, 0.2) is 47.5 Å². The molecule has 0 aliphatic carbocycles. The molecule has 0 atom stereocenters. The molecule has 2 aromatic rings. The molecule has 0 fully saturated rings. The van der Waals surface area contributed by atoms with Crippen LogP contribution in [0.3, 0.4) is 0 Å². The van der Waals surface area contributed by atoms with Crippen LogP contribution in [0.25, 0.3) is 0 Å². The molecule has 0 aliphatic rings. The summed E-state index contributed by atoms with van der Waals surface area (Å²) in [6.07, 6.45) is 0.177. The minimum absolute atomic E-state index is 0. The van der Waals surface area contributed by atoms with Crippen molar-refractivity contribution in [2.45, 2.75) is 40.3 Å². The van der Waals surface area contributed by atoms with Crippen molar-refractivity contribution in [1.29, 1.82) is 0 Å². The summed E-state index contributed by atoms with van der Waals surface area (Å²) in [6.45, 7) is 8.72. The Morgan fingerprint density at radius 3 is 2.33 bits per heavy atom. The molecule has 130 valence electrons. The van der Waals surface area contributed by atoms with E-state index in [1.54, 1.807) is 0 Å². The number of nitrogens with one attached hydrogen (secondary N) is 1. The van der Waals surface area contributed by atoms with Crippen molar-refractivity contribution < 1.29 is 4.74 Å². The van der Waals surface area contributed by atoms with Crippen LogP contribution < -0.4 is 15.8 Å². The summed E-state index contributed by atoms with van der Waals surface area (Å²) in [7, 11) is 0. The molecule has 0 unspecified atom stereocenters. The van der Waals surface area contributed by atoms with Gasteiger partial charge in [-0.25, -0.2) is 4.99 Å². The van der Waals surface area contributed by atoms with E-state index in [4.69, 9.17) is 10.5 Å². The Labute approximate surface area is 161 Å². The molecule has 0 aliphatic heterocycles. The highest BCUT2D eigenvalue weighted by molar-refractivity contribution is 14.0. The van der Waals surface area contributed by atoms with Crippen LogP contribution in [-0.2, 0) is 6.54 Å². The number of hydrogen-bond donors (Lipinski definition) is 2. The number of nitrogens with zero attached hydrogens (tertiary/aromatic N) is 1. The molecular weight excluding hydrogens is 413 g/mol. The van der Waals surface area contributed by atoms with E-state index in [1.807, 2.05) is 44.2 Å². The summed E-state index contributed by atoms with van der Waals surface area (Å²) in [6, 6.07) is 14.1. The number of anilines is 1. The Morgan fingerprint density at radius 2 is 1.75 bits per heavy atom. The van der Waals surface area contributed by atoms with Gasteiger partial charge in [0.05, 0.1) is 12.6 Å². The molecule has 0 spiro atoms. The molecule has 0 bridgehead atoms. The Kier molecular flexibility index (Phi) is 8.04.